The molecular weight excluding hydrogens is 442 g/mol. The first-order chi connectivity index (χ1) is 14.7. The number of furan rings is 1. The summed E-state index contributed by atoms with van der Waals surface area (Å²) in [5, 5.41) is 8.43. The summed E-state index contributed by atoms with van der Waals surface area (Å²) in [6.45, 7) is 4.41. The van der Waals surface area contributed by atoms with Crippen molar-refractivity contribution in [3.8, 4) is 0 Å². The number of aryl methyl sites for hydroxylation is 1. The maximum atomic E-state index is 13.1. The van der Waals surface area contributed by atoms with Gasteiger partial charge in [-0.2, -0.15) is 0 Å². The lowest BCUT2D eigenvalue weighted by Gasteiger charge is -2.29. The van der Waals surface area contributed by atoms with Crippen LogP contribution in [0.4, 0.5) is 0 Å². The SMILES string of the molecule is CCN(C(=O)C(C)Sc1nnc(CCC(N)=O)n1Cc1ccco1)C1CCS(=O)(=O)C1. The second-order valence-corrected chi connectivity index (χ2v) is 11.0. The molecule has 1 saturated heterocycles. The van der Waals surface area contributed by atoms with Crippen LogP contribution < -0.4 is 5.73 Å². The van der Waals surface area contributed by atoms with Crippen molar-refractivity contribution >= 4 is 33.4 Å². The third kappa shape index (κ3) is 5.88. The second kappa shape index (κ2) is 9.86. The molecule has 0 saturated carbocycles. The largest absolute Gasteiger partial charge is 0.467 e. The zero-order valence-corrected chi connectivity index (χ0v) is 19.2. The van der Waals surface area contributed by atoms with Crippen LogP contribution in [0.25, 0.3) is 0 Å². The second-order valence-electron chi connectivity index (χ2n) is 7.47. The molecule has 0 radical (unpaired) electrons. The maximum absolute atomic E-state index is 13.1. The molecule has 170 valence electrons. The van der Waals surface area contributed by atoms with Crippen molar-refractivity contribution in [3.63, 3.8) is 0 Å². The number of hydrogen-bond donors (Lipinski definition) is 1. The molecule has 1 fully saturated rings. The van der Waals surface area contributed by atoms with E-state index in [2.05, 4.69) is 10.2 Å². The molecule has 0 spiro atoms. The van der Waals surface area contributed by atoms with Gasteiger partial charge >= 0.3 is 0 Å². The fourth-order valence-electron chi connectivity index (χ4n) is 3.60. The van der Waals surface area contributed by atoms with Crippen molar-refractivity contribution in [2.75, 3.05) is 18.1 Å². The van der Waals surface area contributed by atoms with Crippen molar-refractivity contribution in [2.45, 2.75) is 56.1 Å². The first-order valence-electron chi connectivity index (χ1n) is 10.1. The first kappa shape index (κ1) is 23.3. The number of rotatable bonds is 10. The summed E-state index contributed by atoms with van der Waals surface area (Å²) in [4.78, 5) is 25.9. The molecule has 2 aromatic rings. The average Bonchev–Trinajstić information content (AvgIpc) is 3.43. The number of primary amides is 1. The smallest absolute Gasteiger partial charge is 0.236 e. The van der Waals surface area contributed by atoms with E-state index < -0.39 is 21.0 Å². The minimum atomic E-state index is -3.09. The van der Waals surface area contributed by atoms with Gasteiger partial charge in [-0.1, -0.05) is 11.8 Å². The number of sulfone groups is 1. The van der Waals surface area contributed by atoms with Gasteiger partial charge in [0.25, 0.3) is 0 Å². The molecule has 2 atom stereocenters. The molecule has 0 aliphatic carbocycles. The van der Waals surface area contributed by atoms with Gasteiger partial charge in [0.15, 0.2) is 15.0 Å². The Kier molecular flexibility index (Phi) is 7.42. The van der Waals surface area contributed by atoms with Gasteiger partial charge in [-0.25, -0.2) is 8.42 Å². The van der Waals surface area contributed by atoms with E-state index in [0.717, 1.165) is 0 Å². The van der Waals surface area contributed by atoms with E-state index in [9.17, 15) is 18.0 Å². The summed E-state index contributed by atoms with van der Waals surface area (Å²) < 4.78 is 30.9. The molecule has 31 heavy (non-hydrogen) atoms. The molecule has 2 aromatic heterocycles. The van der Waals surface area contributed by atoms with Crippen molar-refractivity contribution in [1.82, 2.24) is 19.7 Å². The predicted octanol–water partition coefficient (Wildman–Crippen LogP) is 0.854. The highest BCUT2D eigenvalue weighted by atomic mass is 32.2. The van der Waals surface area contributed by atoms with Crippen LogP contribution in [-0.2, 0) is 32.4 Å². The van der Waals surface area contributed by atoms with Gasteiger partial charge in [0.2, 0.25) is 11.8 Å². The number of carbonyl (C=O) groups is 2. The molecule has 12 heteroatoms. The summed E-state index contributed by atoms with van der Waals surface area (Å²) in [7, 11) is -3.09. The third-order valence-corrected chi connectivity index (χ3v) is 8.00. The van der Waals surface area contributed by atoms with Crippen molar-refractivity contribution < 1.29 is 22.4 Å². The molecular formula is C19H27N5O5S2. The Morgan fingerprint density at radius 3 is 2.77 bits per heavy atom. The quantitative estimate of drug-likeness (QED) is 0.505. The Hall–Kier alpha value is -2.34. The summed E-state index contributed by atoms with van der Waals surface area (Å²) >= 11 is 1.25. The van der Waals surface area contributed by atoms with Crippen LogP contribution in [-0.4, -0.2) is 69.2 Å². The first-order valence-corrected chi connectivity index (χ1v) is 12.8. The molecule has 2 N–H and O–H groups in total. The summed E-state index contributed by atoms with van der Waals surface area (Å²) in [6, 6.07) is 3.30. The highest BCUT2D eigenvalue weighted by molar-refractivity contribution is 8.00. The fourth-order valence-corrected chi connectivity index (χ4v) is 6.27. The third-order valence-electron chi connectivity index (χ3n) is 5.19. The lowest BCUT2D eigenvalue weighted by Crippen LogP contribution is -2.44. The van der Waals surface area contributed by atoms with Crippen molar-refractivity contribution in [2.24, 2.45) is 5.73 Å². The van der Waals surface area contributed by atoms with Gasteiger partial charge in [0, 0.05) is 25.4 Å². The molecule has 1 aliphatic heterocycles. The topological polar surface area (TPSA) is 141 Å². The van der Waals surface area contributed by atoms with E-state index in [1.165, 1.54) is 11.8 Å². The fraction of sp³-hybridized carbons (Fsp3) is 0.579. The molecule has 2 amide bonds. The predicted molar refractivity (Wildman–Crippen MR) is 115 cm³/mol. The van der Waals surface area contributed by atoms with Crippen LogP contribution in [0.15, 0.2) is 28.0 Å². The highest BCUT2D eigenvalue weighted by Crippen LogP contribution is 2.27. The number of carbonyl (C=O) groups excluding carboxylic acids is 2. The van der Waals surface area contributed by atoms with Crippen LogP contribution in [0.5, 0.6) is 0 Å². The molecule has 2 unspecified atom stereocenters. The summed E-state index contributed by atoms with van der Waals surface area (Å²) in [5.74, 6) is 0.815. The standard InChI is InChI=1S/C19H27N5O5S2/c1-3-23(14-8-10-31(27,28)12-14)18(26)13(2)30-19-22-21-17(7-6-16(20)25)24(19)11-15-5-4-9-29-15/h4-5,9,13-14H,3,6-8,10-12H2,1-2H3,(H2,20,25). The van der Waals surface area contributed by atoms with Crippen LogP contribution in [0.1, 0.15) is 38.3 Å². The van der Waals surface area contributed by atoms with Gasteiger partial charge < -0.3 is 15.1 Å². The van der Waals surface area contributed by atoms with Gasteiger partial charge in [-0.05, 0) is 32.4 Å². The lowest BCUT2D eigenvalue weighted by atomic mass is 10.2. The Bertz CT molecular complexity index is 1020. The van der Waals surface area contributed by atoms with E-state index >= 15 is 0 Å². The van der Waals surface area contributed by atoms with E-state index in [4.69, 9.17) is 10.2 Å². The monoisotopic (exact) mass is 469 g/mol. The molecule has 1 aliphatic rings. The number of hydrogen-bond acceptors (Lipinski definition) is 8. The number of amides is 2. The molecule has 0 aromatic carbocycles. The average molecular weight is 470 g/mol. The van der Waals surface area contributed by atoms with E-state index in [-0.39, 0.29) is 29.9 Å². The Labute approximate surface area is 185 Å². The lowest BCUT2D eigenvalue weighted by molar-refractivity contribution is -0.131. The zero-order chi connectivity index (χ0) is 22.6. The molecule has 0 bridgehead atoms. The van der Waals surface area contributed by atoms with Crippen molar-refractivity contribution in [1.29, 1.82) is 0 Å². The van der Waals surface area contributed by atoms with E-state index in [1.807, 2.05) is 17.6 Å². The molecule has 3 rings (SSSR count). The number of nitrogens with zero attached hydrogens (tertiary/aromatic N) is 4. The normalized spacial score (nSPS) is 18.7. The van der Waals surface area contributed by atoms with Crippen LogP contribution in [0.2, 0.25) is 0 Å². The minimum Gasteiger partial charge on any atom is -0.467 e. The molecule has 3 heterocycles. The number of nitrogens with two attached hydrogens (primary N) is 1. The Morgan fingerprint density at radius 2 is 2.19 bits per heavy atom. The van der Waals surface area contributed by atoms with Gasteiger partial charge in [-0.15, -0.1) is 10.2 Å². The Balaban J connectivity index is 1.76. The van der Waals surface area contributed by atoms with Gasteiger partial charge in [0.05, 0.1) is 29.6 Å². The molecule has 10 nitrogen and oxygen atoms in total. The van der Waals surface area contributed by atoms with Gasteiger partial charge in [0.1, 0.15) is 11.6 Å². The van der Waals surface area contributed by atoms with Crippen molar-refractivity contribution in [3.05, 3.63) is 30.0 Å². The van der Waals surface area contributed by atoms with Gasteiger partial charge in [-0.3, -0.25) is 14.2 Å². The highest BCUT2D eigenvalue weighted by Gasteiger charge is 2.36. The number of thioether (sulfide) groups is 1. The van der Waals surface area contributed by atoms with E-state index in [1.54, 1.807) is 24.2 Å². The summed E-state index contributed by atoms with van der Waals surface area (Å²) in [5.41, 5.74) is 5.27. The van der Waals surface area contributed by atoms with Crippen LogP contribution in [0.3, 0.4) is 0 Å². The van der Waals surface area contributed by atoms with Crippen LogP contribution >= 0.6 is 11.8 Å². The number of aromatic nitrogens is 3. The zero-order valence-electron chi connectivity index (χ0n) is 17.6. The minimum absolute atomic E-state index is 0.00983. The summed E-state index contributed by atoms with van der Waals surface area (Å²) in [6.07, 6.45) is 2.49. The Morgan fingerprint density at radius 1 is 1.42 bits per heavy atom. The van der Waals surface area contributed by atoms with Crippen LogP contribution in [0, 0.1) is 0 Å². The van der Waals surface area contributed by atoms with E-state index in [0.29, 0.717) is 42.7 Å². The maximum Gasteiger partial charge on any atom is 0.236 e.